The molecule has 0 saturated carbocycles. The van der Waals surface area contributed by atoms with E-state index in [1.165, 1.54) is 27.9 Å². The second-order valence-corrected chi connectivity index (χ2v) is 17.9. The van der Waals surface area contributed by atoms with Crippen molar-refractivity contribution in [1.29, 1.82) is 0 Å². The van der Waals surface area contributed by atoms with Crippen LogP contribution in [0.5, 0.6) is 11.5 Å². The van der Waals surface area contributed by atoms with Crippen molar-refractivity contribution in [3.8, 4) is 11.5 Å². The number of imide groups is 1. The fourth-order valence-corrected chi connectivity index (χ4v) is 11.6. The number of hydrogen-bond donors (Lipinski definition) is 2. The Labute approximate surface area is 344 Å². The first-order valence-corrected chi connectivity index (χ1v) is 21.6. The molecule has 4 aromatic rings. The summed E-state index contributed by atoms with van der Waals surface area (Å²) in [5.41, 5.74) is 9.00. The van der Waals surface area contributed by atoms with E-state index >= 15 is 0 Å². The Morgan fingerprint density at radius 2 is 1.68 bits per heavy atom. The van der Waals surface area contributed by atoms with Gasteiger partial charge in [0.05, 0.1) is 31.0 Å². The zero-order valence-electron chi connectivity index (χ0n) is 33.3. The van der Waals surface area contributed by atoms with Crippen molar-refractivity contribution in [2.24, 2.45) is 11.8 Å². The average molecular weight is 794 g/mol. The first kappa shape index (κ1) is 36.7. The van der Waals surface area contributed by atoms with Crippen LogP contribution in [0.1, 0.15) is 75.7 Å². The average Bonchev–Trinajstić information content (AvgIpc) is 3.36. The van der Waals surface area contributed by atoms with Crippen molar-refractivity contribution in [1.82, 2.24) is 15.1 Å². The topological polar surface area (TPSA) is 115 Å². The van der Waals surface area contributed by atoms with Gasteiger partial charge in [-0.3, -0.25) is 24.6 Å². The SMILES string of the molecule is O=C1CC[C@H](N2Cc3c(ccc4c3OC[C@H]3CN(CC5CC6CN(c7ccc([C@@H]8c9ccc(O)cc9CC[C@@H]8c8ccccc8)cc7)CC5CO6)CCN43)C2=O)C(=O)N1. The molecule has 11 heteroatoms. The fraction of sp³-hybridized carbons (Fsp3) is 0.438. The smallest absolute Gasteiger partial charge is 0.255 e. The number of hydrogen-bond acceptors (Lipinski definition) is 9. The molecule has 0 spiro atoms. The van der Waals surface area contributed by atoms with E-state index in [0.29, 0.717) is 48.6 Å². The number of carbonyl (C=O) groups is 3. The number of phenolic OH excluding ortho intramolecular Hbond substituents is 1. The van der Waals surface area contributed by atoms with Crippen LogP contribution in [0, 0.1) is 11.8 Å². The molecule has 5 saturated heterocycles. The number of benzene rings is 4. The lowest BCUT2D eigenvalue weighted by atomic mass is 9.69. The molecule has 0 radical (unpaired) electrons. The third kappa shape index (κ3) is 6.53. The number of aryl methyl sites for hydroxylation is 1. The molecule has 12 rings (SSSR count). The highest BCUT2D eigenvalue weighted by atomic mass is 16.5. The highest BCUT2D eigenvalue weighted by Gasteiger charge is 2.44. The van der Waals surface area contributed by atoms with Crippen molar-refractivity contribution >= 4 is 29.1 Å². The molecule has 5 fully saturated rings. The van der Waals surface area contributed by atoms with Crippen molar-refractivity contribution in [2.45, 2.75) is 68.7 Å². The summed E-state index contributed by atoms with van der Waals surface area (Å²) in [5, 5.41) is 12.7. The standard InChI is InChI=1S/C48H51N5O6/c54-36-11-13-39-31(20-36)8-12-38(29-4-2-1-3-5-29)45(39)30-6-9-34(10-7-30)51-23-33-27-58-37(25-51)21-32(33)22-50-18-19-52-35(24-50)28-59-46-41-26-53(43-16-17-44(55)49-47(43)56)48(57)40(41)14-15-42(46)52/h1-7,9-11,13-15,20,32-33,35,37-38,43,45,54H,8,12,16-19,21-28H2,(H,49,55,56)/t32?,33?,35-,37?,38-,43+,45+/m1/s1. The van der Waals surface area contributed by atoms with Gasteiger partial charge in [-0.25, -0.2) is 0 Å². The molecule has 2 N–H and O–H groups in total. The van der Waals surface area contributed by atoms with Crippen LogP contribution in [-0.2, 0) is 27.3 Å². The first-order chi connectivity index (χ1) is 28.8. The summed E-state index contributed by atoms with van der Waals surface area (Å²) >= 11 is 0. The van der Waals surface area contributed by atoms with Crippen molar-refractivity contribution < 1.29 is 29.0 Å². The molecule has 7 atom stereocenters. The molecular formula is C48H51N5O6. The molecule has 7 aliphatic heterocycles. The number of nitrogens with zero attached hydrogens (tertiary/aromatic N) is 4. The summed E-state index contributed by atoms with van der Waals surface area (Å²) in [4.78, 5) is 47.1. The first-order valence-electron chi connectivity index (χ1n) is 21.6. The van der Waals surface area contributed by atoms with Crippen LogP contribution in [0.2, 0.25) is 0 Å². The zero-order valence-corrected chi connectivity index (χ0v) is 33.3. The van der Waals surface area contributed by atoms with Gasteiger partial charge in [-0.15, -0.1) is 0 Å². The van der Waals surface area contributed by atoms with Crippen LogP contribution in [0.4, 0.5) is 11.4 Å². The molecule has 1 aliphatic carbocycles. The lowest BCUT2D eigenvalue weighted by molar-refractivity contribution is -0.136. The summed E-state index contributed by atoms with van der Waals surface area (Å²) in [7, 11) is 0. The number of ether oxygens (including phenoxy) is 2. The third-order valence-electron chi connectivity index (χ3n) is 14.5. The number of fused-ring (bicyclic) bond motifs is 10. The number of nitrogens with one attached hydrogen (secondary N) is 1. The highest BCUT2D eigenvalue weighted by molar-refractivity contribution is 6.06. The van der Waals surface area contributed by atoms with Gasteiger partial charge in [-0.1, -0.05) is 48.5 Å². The molecule has 8 aliphatic rings. The molecule has 304 valence electrons. The van der Waals surface area contributed by atoms with Crippen LogP contribution in [0.15, 0.2) is 84.9 Å². The number of rotatable bonds is 6. The summed E-state index contributed by atoms with van der Waals surface area (Å²) in [6.07, 6.45) is 3.87. The van der Waals surface area contributed by atoms with Crippen molar-refractivity contribution in [3.05, 3.63) is 118 Å². The molecule has 7 heterocycles. The zero-order chi connectivity index (χ0) is 39.8. The molecule has 59 heavy (non-hydrogen) atoms. The van der Waals surface area contributed by atoms with Crippen LogP contribution in [0.3, 0.4) is 0 Å². The minimum Gasteiger partial charge on any atom is -0.508 e. The minimum atomic E-state index is -0.642. The van der Waals surface area contributed by atoms with Gasteiger partial charge in [0.25, 0.3) is 5.91 Å². The number of anilines is 2. The van der Waals surface area contributed by atoms with E-state index in [1.807, 2.05) is 24.3 Å². The summed E-state index contributed by atoms with van der Waals surface area (Å²) < 4.78 is 12.9. The normalized spacial score (nSPS) is 28.9. The van der Waals surface area contributed by atoms with Crippen LogP contribution in [-0.4, -0.2) is 103 Å². The maximum Gasteiger partial charge on any atom is 0.255 e. The number of phenols is 1. The largest absolute Gasteiger partial charge is 0.508 e. The summed E-state index contributed by atoms with van der Waals surface area (Å²) in [6.45, 7) is 7.37. The van der Waals surface area contributed by atoms with Crippen molar-refractivity contribution in [3.63, 3.8) is 0 Å². The number of piperazine rings is 1. The van der Waals surface area contributed by atoms with E-state index in [9.17, 15) is 19.5 Å². The molecule has 2 bridgehead atoms. The molecule has 0 aromatic heterocycles. The number of amides is 3. The Morgan fingerprint density at radius 3 is 2.53 bits per heavy atom. The van der Waals surface area contributed by atoms with Gasteiger partial charge in [0.15, 0.2) is 0 Å². The van der Waals surface area contributed by atoms with Crippen LogP contribution < -0.4 is 19.9 Å². The monoisotopic (exact) mass is 793 g/mol. The predicted octanol–water partition coefficient (Wildman–Crippen LogP) is 5.44. The number of carbonyl (C=O) groups excluding carboxylic acids is 3. The summed E-state index contributed by atoms with van der Waals surface area (Å²) in [6, 6.07) is 29.7. The number of piperidine rings is 1. The minimum absolute atomic E-state index is 0.171. The van der Waals surface area contributed by atoms with Gasteiger partial charge in [-0.2, -0.15) is 0 Å². The maximum absolute atomic E-state index is 13.4. The lowest BCUT2D eigenvalue weighted by Crippen LogP contribution is -2.58. The molecule has 3 amide bonds. The Bertz CT molecular complexity index is 2300. The Morgan fingerprint density at radius 1 is 0.814 bits per heavy atom. The Kier molecular flexibility index (Phi) is 9.14. The number of aromatic hydroxyl groups is 1. The van der Waals surface area contributed by atoms with Gasteiger partial charge in [0.2, 0.25) is 11.8 Å². The quantitative estimate of drug-likeness (QED) is 0.247. The van der Waals surface area contributed by atoms with Gasteiger partial charge in [0, 0.05) is 74.3 Å². The molecule has 11 nitrogen and oxygen atoms in total. The van der Waals surface area contributed by atoms with E-state index in [4.69, 9.17) is 9.47 Å². The highest BCUT2D eigenvalue weighted by Crippen LogP contribution is 2.48. The summed E-state index contributed by atoms with van der Waals surface area (Å²) in [5.74, 6) is 1.86. The fourth-order valence-electron chi connectivity index (χ4n) is 11.6. The predicted molar refractivity (Wildman–Crippen MR) is 223 cm³/mol. The van der Waals surface area contributed by atoms with Crippen molar-refractivity contribution in [2.75, 3.05) is 62.3 Å². The second kappa shape index (κ2) is 14.7. The Hall–Kier alpha value is -5.39. The van der Waals surface area contributed by atoms with E-state index < -0.39 is 11.9 Å². The third-order valence-corrected chi connectivity index (χ3v) is 14.5. The van der Waals surface area contributed by atoms with Gasteiger partial charge in [-0.05, 0) is 96.2 Å². The second-order valence-electron chi connectivity index (χ2n) is 17.9. The van der Waals surface area contributed by atoms with E-state index in [0.717, 1.165) is 82.1 Å². The maximum atomic E-state index is 13.4. The lowest BCUT2D eigenvalue weighted by Gasteiger charge is -2.47. The van der Waals surface area contributed by atoms with Gasteiger partial charge >= 0.3 is 0 Å². The van der Waals surface area contributed by atoms with Gasteiger partial charge in [0.1, 0.15) is 24.1 Å². The molecule has 3 unspecified atom stereocenters. The molecular weight excluding hydrogens is 743 g/mol. The van der Waals surface area contributed by atoms with Crippen LogP contribution in [0.25, 0.3) is 0 Å². The van der Waals surface area contributed by atoms with E-state index in [1.54, 1.807) is 4.90 Å². The Balaban J connectivity index is 0.755. The van der Waals surface area contributed by atoms with E-state index in [-0.39, 0.29) is 36.3 Å². The van der Waals surface area contributed by atoms with E-state index in [2.05, 4.69) is 80.7 Å². The molecule has 4 aromatic carbocycles. The van der Waals surface area contributed by atoms with Crippen LogP contribution >= 0.6 is 0 Å². The van der Waals surface area contributed by atoms with Gasteiger partial charge < -0.3 is 29.3 Å².